The molecule has 0 unspecified atom stereocenters. The number of amides is 1. The first-order chi connectivity index (χ1) is 12.1. The van der Waals surface area contributed by atoms with Gasteiger partial charge in [-0.3, -0.25) is 14.4 Å². The fourth-order valence-corrected chi connectivity index (χ4v) is 2.23. The van der Waals surface area contributed by atoms with E-state index in [2.05, 4.69) is 0 Å². The molecule has 1 amide bonds. The van der Waals surface area contributed by atoms with Crippen LogP contribution in [0, 0.1) is 0 Å². The van der Waals surface area contributed by atoms with E-state index in [0.717, 1.165) is 13.0 Å². The van der Waals surface area contributed by atoms with Crippen molar-refractivity contribution < 1.29 is 37.4 Å². The fraction of sp³-hybridized carbons (Fsp3) is 0.500. The summed E-state index contributed by atoms with van der Waals surface area (Å²) < 4.78 is 43.2. The molecule has 1 rings (SSSR count). The van der Waals surface area contributed by atoms with E-state index in [1.54, 1.807) is 26.1 Å². The summed E-state index contributed by atoms with van der Waals surface area (Å²) in [6, 6.07) is 3.55. The number of hydrogen-bond acceptors (Lipinski definition) is 5. The maximum atomic E-state index is 12.7. The average molecular weight is 389 g/mol. The lowest BCUT2D eigenvalue weighted by molar-refractivity contribution is -0.167. The molecular weight excluding hydrogens is 367 g/mol. The van der Waals surface area contributed by atoms with Gasteiger partial charge in [-0.15, -0.1) is 0 Å². The van der Waals surface area contributed by atoms with Gasteiger partial charge in [-0.1, -0.05) is 6.07 Å². The smallest absolute Gasteiger partial charge is 0.459 e. The molecule has 0 bridgehead atoms. The van der Waals surface area contributed by atoms with Crippen molar-refractivity contribution in [3.8, 4) is 0 Å². The number of ether oxygens (including phenoxy) is 1. The van der Waals surface area contributed by atoms with Crippen LogP contribution < -0.4 is 5.32 Å². The fourth-order valence-electron chi connectivity index (χ4n) is 2.23. The second kappa shape index (κ2) is 7.67. The molecule has 0 saturated heterocycles. The first-order valence-electron chi connectivity index (χ1n) is 8.00. The molecule has 0 saturated carbocycles. The SMILES string of the molecule is CC(=O)[C@@](C)(C(=O)OC(C)(C)C)c1cc(CO)ccc1NC(=O)C(F)(F)F. The highest BCUT2D eigenvalue weighted by Gasteiger charge is 2.46. The Labute approximate surface area is 154 Å². The Balaban J connectivity index is 3.58. The summed E-state index contributed by atoms with van der Waals surface area (Å²) in [7, 11) is 0. The van der Waals surface area contributed by atoms with Crippen LogP contribution in [0.15, 0.2) is 18.2 Å². The highest BCUT2D eigenvalue weighted by atomic mass is 19.4. The van der Waals surface area contributed by atoms with Gasteiger partial charge < -0.3 is 15.2 Å². The van der Waals surface area contributed by atoms with Gasteiger partial charge in [0.2, 0.25) is 0 Å². The van der Waals surface area contributed by atoms with E-state index in [1.807, 2.05) is 0 Å². The molecule has 27 heavy (non-hydrogen) atoms. The normalized spacial score (nSPS) is 14.3. The van der Waals surface area contributed by atoms with Crippen LogP contribution in [0.5, 0.6) is 0 Å². The molecular formula is C18H22F3NO5. The van der Waals surface area contributed by atoms with Crippen molar-refractivity contribution in [1.29, 1.82) is 0 Å². The molecule has 6 nitrogen and oxygen atoms in total. The number of nitrogens with one attached hydrogen (secondary N) is 1. The van der Waals surface area contributed by atoms with Crippen molar-refractivity contribution >= 4 is 23.3 Å². The molecule has 0 radical (unpaired) electrons. The molecule has 0 spiro atoms. The number of anilines is 1. The summed E-state index contributed by atoms with van der Waals surface area (Å²) >= 11 is 0. The molecule has 0 aliphatic rings. The lowest BCUT2D eigenvalue weighted by Gasteiger charge is -2.31. The third kappa shape index (κ3) is 5.29. The van der Waals surface area contributed by atoms with E-state index in [9.17, 15) is 32.7 Å². The monoisotopic (exact) mass is 389 g/mol. The first kappa shape index (κ1) is 22.6. The van der Waals surface area contributed by atoms with Gasteiger partial charge in [0.1, 0.15) is 11.0 Å². The molecule has 150 valence electrons. The molecule has 0 fully saturated rings. The van der Waals surface area contributed by atoms with Gasteiger partial charge in [0.25, 0.3) is 0 Å². The van der Waals surface area contributed by atoms with E-state index < -0.39 is 41.5 Å². The Bertz CT molecular complexity index is 752. The molecule has 0 heterocycles. The average Bonchev–Trinajstić information content (AvgIpc) is 2.51. The van der Waals surface area contributed by atoms with Crippen molar-refractivity contribution in [2.24, 2.45) is 0 Å². The first-order valence-corrected chi connectivity index (χ1v) is 8.00. The van der Waals surface area contributed by atoms with Crippen LogP contribution in [0.4, 0.5) is 18.9 Å². The van der Waals surface area contributed by atoms with Crippen LogP contribution >= 0.6 is 0 Å². The zero-order chi connectivity index (χ0) is 21.2. The van der Waals surface area contributed by atoms with Gasteiger partial charge in [0.15, 0.2) is 5.78 Å². The van der Waals surface area contributed by atoms with Gasteiger partial charge in [0, 0.05) is 11.3 Å². The molecule has 1 aromatic rings. The van der Waals surface area contributed by atoms with Crippen LogP contribution in [0.25, 0.3) is 0 Å². The molecule has 1 aromatic carbocycles. The number of hydrogen-bond donors (Lipinski definition) is 2. The highest BCUT2D eigenvalue weighted by Crippen LogP contribution is 2.35. The van der Waals surface area contributed by atoms with Crippen LogP contribution in [-0.4, -0.2) is 34.5 Å². The van der Waals surface area contributed by atoms with Gasteiger partial charge in [0.05, 0.1) is 6.61 Å². The van der Waals surface area contributed by atoms with E-state index in [1.165, 1.54) is 19.1 Å². The van der Waals surface area contributed by atoms with Gasteiger partial charge in [-0.2, -0.15) is 13.2 Å². The predicted octanol–water partition coefficient (Wildman–Crippen LogP) is 2.87. The van der Waals surface area contributed by atoms with Gasteiger partial charge in [-0.05, 0) is 52.3 Å². The molecule has 0 aromatic heterocycles. The lowest BCUT2D eigenvalue weighted by Crippen LogP contribution is -2.45. The van der Waals surface area contributed by atoms with Crippen molar-refractivity contribution in [3.05, 3.63) is 29.3 Å². The zero-order valence-corrected chi connectivity index (χ0v) is 15.7. The minimum absolute atomic E-state index is 0.201. The number of esters is 1. The molecule has 9 heteroatoms. The van der Waals surface area contributed by atoms with E-state index in [-0.39, 0.29) is 16.8 Å². The van der Waals surface area contributed by atoms with Crippen molar-refractivity contribution in [2.45, 2.75) is 58.4 Å². The second-order valence-electron chi connectivity index (χ2n) is 7.17. The molecule has 2 N–H and O–H groups in total. The number of halogens is 3. The Morgan fingerprint density at radius 2 is 1.67 bits per heavy atom. The number of ketones is 1. The third-order valence-corrected chi connectivity index (χ3v) is 3.82. The van der Waals surface area contributed by atoms with Crippen molar-refractivity contribution in [3.63, 3.8) is 0 Å². The van der Waals surface area contributed by atoms with Crippen molar-refractivity contribution in [1.82, 2.24) is 0 Å². The third-order valence-electron chi connectivity index (χ3n) is 3.82. The minimum atomic E-state index is -5.16. The number of Topliss-reactive ketones (excluding diaryl/α,β-unsaturated/α-hetero) is 1. The summed E-state index contributed by atoms with van der Waals surface area (Å²) in [6.45, 7) is 6.52. The quantitative estimate of drug-likeness (QED) is 0.597. The van der Waals surface area contributed by atoms with Gasteiger partial charge in [-0.25, -0.2) is 0 Å². The zero-order valence-electron chi connectivity index (χ0n) is 15.7. The molecule has 1 atom stereocenters. The standard InChI is InChI=1S/C18H22F3NO5/c1-10(24)17(5,15(26)27-16(2,3)4)12-8-11(9-23)6-7-13(12)22-14(25)18(19,20)21/h6-8,23H,9H2,1-5H3,(H,22,25)/t17-/m1/s1. The van der Waals surface area contributed by atoms with Crippen LogP contribution in [0.3, 0.4) is 0 Å². The van der Waals surface area contributed by atoms with Crippen molar-refractivity contribution in [2.75, 3.05) is 5.32 Å². The number of rotatable bonds is 5. The number of carbonyl (C=O) groups excluding carboxylic acids is 3. The topological polar surface area (TPSA) is 92.7 Å². The van der Waals surface area contributed by atoms with Gasteiger partial charge >= 0.3 is 18.1 Å². The Kier molecular flexibility index (Phi) is 6.43. The van der Waals surface area contributed by atoms with Crippen LogP contribution in [-0.2, 0) is 31.1 Å². The summed E-state index contributed by atoms with van der Waals surface area (Å²) in [6.07, 6.45) is -5.16. The van der Waals surface area contributed by atoms with E-state index >= 15 is 0 Å². The number of aliphatic hydroxyl groups is 1. The van der Waals surface area contributed by atoms with Crippen LogP contribution in [0.1, 0.15) is 45.7 Å². The Morgan fingerprint density at radius 1 is 1.11 bits per heavy atom. The maximum Gasteiger partial charge on any atom is 0.471 e. The predicted molar refractivity (Wildman–Crippen MR) is 90.9 cm³/mol. The van der Waals surface area contributed by atoms with Crippen LogP contribution in [0.2, 0.25) is 0 Å². The Hall–Kier alpha value is -2.42. The second-order valence-corrected chi connectivity index (χ2v) is 7.17. The molecule has 0 aliphatic heterocycles. The minimum Gasteiger partial charge on any atom is -0.459 e. The number of benzene rings is 1. The highest BCUT2D eigenvalue weighted by molar-refractivity contribution is 6.10. The summed E-state index contributed by atoms with van der Waals surface area (Å²) in [5.41, 5.74) is -3.29. The Morgan fingerprint density at radius 3 is 2.07 bits per heavy atom. The summed E-state index contributed by atoms with van der Waals surface area (Å²) in [5.74, 6) is -3.94. The van der Waals surface area contributed by atoms with E-state index in [4.69, 9.17) is 4.74 Å². The number of carbonyl (C=O) groups is 3. The largest absolute Gasteiger partial charge is 0.471 e. The maximum absolute atomic E-state index is 12.7. The summed E-state index contributed by atoms with van der Waals surface area (Å²) in [5, 5.41) is 11.0. The summed E-state index contributed by atoms with van der Waals surface area (Å²) in [4.78, 5) is 36.4. The number of alkyl halides is 3. The number of aliphatic hydroxyl groups excluding tert-OH is 1. The van der Waals surface area contributed by atoms with E-state index in [0.29, 0.717) is 0 Å². The molecule has 0 aliphatic carbocycles. The lowest BCUT2D eigenvalue weighted by atomic mass is 9.77.